The number of hydrogen-bond donors (Lipinski definition) is 2. The third-order valence-electron chi connectivity index (χ3n) is 1.22. The SMILES string of the molecule is CC1(C)N/C1=C\N. The van der Waals surface area contributed by atoms with Crippen molar-refractivity contribution in [2.24, 2.45) is 5.73 Å². The second-order valence-electron chi connectivity index (χ2n) is 2.33. The maximum Gasteiger partial charge on any atom is 0.0727 e. The summed E-state index contributed by atoms with van der Waals surface area (Å²) >= 11 is 0. The van der Waals surface area contributed by atoms with Gasteiger partial charge in [-0.25, -0.2) is 0 Å². The van der Waals surface area contributed by atoms with Gasteiger partial charge in [-0.15, -0.1) is 0 Å². The molecule has 1 fully saturated rings. The lowest BCUT2D eigenvalue weighted by atomic mass is 10.2. The zero-order chi connectivity index (χ0) is 5.49. The minimum absolute atomic E-state index is 0.203. The molecule has 0 aromatic heterocycles. The van der Waals surface area contributed by atoms with Gasteiger partial charge >= 0.3 is 0 Å². The second kappa shape index (κ2) is 0.941. The highest BCUT2D eigenvalue weighted by molar-refractivity contribution is 5.31. The first kappa shape index (κ1) is 4.50. The summed E-state index contributed by atoms with van der Waals surface area (Å²) < 4.78 is 0. The van der Waals surface area contributed by atoms with Crippen LogP contribution in [0.1, 0.15) is 13.8 Å². The molecule has 0 aliphatic carbocycles. The van der Waals surface area contributed by atoms with Crippen molar-refractivity contribution in [3.63, 3.8) is 0 Å². The normalized spacial score (nSPS) is 29.7. The Kier molecular flexibility index (Phi) is 0.604. The molecular weight excluding hydrogens is 88.1 g/mol. The van der Waals surface area contributed by atoms with Gasteiger partial charge in [0.2, 0.25) is 0 Å². The van der Waals surface area contributed by atoms with E-state index in [1.54, 1.807) is 6.20 Å². The van der Waals surface area contributed by atoms with Crippen molar-refractivity contribution in [2.45, 2.75) is 19.4 Å². The molecule has 0 atom stereocenters. The Bertz CT molecular complexity index is 113. The van der Waals surface area contributed by atoms with Gasteiger partial charge in [-0.3, -0.25) is 0 Å². The van der Waals surface area contributed by atoms with Crippen LogP contribution in [0.25, 0.3) is 0 Å². The van der Waals surface area contributed by atoms with Gasteiger partial charge in [0.1, 0.15) is 0 Å². The largest absolute Gasteiger partial charge is 0.403 e. The van der Waals surface area contributed by atoms with Crippen LogP contribution in [0.2, 0.25) is 0 Å². The quantitative estimate of drug-likeness (QED) is 0.424. The minimum Gasteiger partial charge on any atom is -0.403 e. The Morgan fingerprint density at radius 2 is 2.14 bits per heavy atom. The molecule has 1 saturated heterocycles. The van der Waals surface area contributed by atoms with E-state index in [2.05, 4.69) is 19.2 Å². The zero-order valence-corrected chi connectivity index (χ0v) is 4.65. The molecule has 2 heteroatoms. The zero-order valence-electron chi connectivity index (χ0n) is 4.65. The van der Waals surface area contributed by atoms with Crippen molar-refractivity contribution < 1.29 is 0 Å². The van der Waals surface area contributed by atoms with E-state index >= 15 is 0 Å². The van der Waals surface area contributed by atoms with Crippen molar-refractivity contribution in [1.29, 1.82) is 0 Å². The Balaban J connectivity index is 2.61. The molecule has 1 rings (SSSR count). The molecule has 1 heterocycles. The molecule has 0 amide bonds. The van der Waals surface area contributed by atoms with Crippen molar-refractivity contribution in [3.8, 4) is 0 Å². The Morgan fingerprint density at radius 1 is 1.71 bits per heavy atom. The summed E-state index contributed by atoms with van der Waals surface area (Å²) in [4.78, 5) is 0. The highest BCUT2D eigenvalue weighted by Gasteiger charge is 2.37. The van der Waals surface area contributed by atoms with Crippen molar-refractivity contribution in [1.82, 2.24) is 5.32 Å². The Morgan fingerprint density at radius 3 is 2.14 bits per heavy atom. The fourth-order valence-electron chi connectivity index (χ4n) is 0.555. The predicted molar refractivity (Wildman–Crippen MR) is 29.5 cm³/mol. The lowest BCUT2D eigenvalue weighted by Crippen LogP contribution is -1.98. The van der Waals surface area contributed by atoms with Crippen molar-refractivity contribution in [3.05, 3.63) is 11.9 Å². The van der Waals surface area contributed by atoms with Gasteiger partial charge in [0, 0.05) is 6.20 Å². The monoisotopic (exact) mass is 98.1 g/mol. The fourth-order valence-corrected chi connectivity index (χ4v) is 0.555. The fraction of sp³-hybridized carbons (Fsp3) is 0.600. The van der Waals surface area contributed by atoms with E-state index < -0.39 is 0 Å². The van der Waals surface area contributed by atoms with E-state index in [1.165, 1.54) is 0 Å². The van der Waals surface area contributed by atoms with Crippen LogP contribution in [-0.4, -0.2) is 5.54 Å². The van der Waals surface area contributed by atoms with Crippen LogP contribution < -0.4 is 11.1 Å². The van der Waals surface area contributed by atoms with Crippen LogP contribution >= 0.6 is 0 Å². The number of nitrogens with one attached hydrogen (secondary N) is 1. The molecule has 0 bridgehead atoms. The molecule has 0 spiro atoms. The molecule has 0 aromatic rings. The van der Waals surface area contributed by atoms with E-state index in [0.29, 0.717) is 0 Å². The van der Waals surface area contributed by atoms with Crippen LogP contribution in [0.3, 0.4) is 0 Å². The van der Waals surface area contributed by atoms with Gasteiger partial charge in [0.15, 0.2) is 0 Å². The number of hydrogen-bond acceptors (Lipinski definition) is 2. The van der Waals surface area contributed by atoms with Crippen molar-refractivity contribution >= 4 is 0 Å². The molecule has 0 radical (unpaired) electrons. The number of rotatable bonds is 0. The van der Waals surface area contributed by atoms with Crippen LogP contribution in [0.15, 0.2) is 11.9 Å². The molecule has 0 saturated carbocycles. The molecule has 1 aliphatic heterocycles. The second-order valence-corrected chi connectivity index (χ2v) is 2.33. The third-order valence-corrected chi connectivity index (χ3v) is 1.22. The summed E-state index contributed by atoms with van der Waals surface area (Å²) in [6, 6.07) is 0. The summed E-state index contributed by atoms with van der Waals surface area (Å²) in [5.41, 5.74) is 6.53. The topological polar surface area (TPSA) is 48.0 Å². The van der Waals surface area contributed by atoms with Crippen LogP contribution in [-0.2, 0) is 0 Å². The highest BCUT2D eigenvalue weighted by atomic mass is 15.2. The summed E-state index contributed by atoms with van der Waals surface area (Å²) in [6.07, 6.45) is 1.61. The molecule has 2 nitrogen and oxygen atoms in total. The van der Waals surface area contributed by atoms with Gasteiger partial charge in [0.25, 0.3) is 0 Å². The molecule has 1 aliphatic rings. The smallest absolute Gasteiger partial charge is 0.0727 e. The van der Waals surface area contributed by atoms with Crippen LogP contribution in [0.5, 0.6) is 0 Å². The number of nitrogens with two attached hydrogens (primary N) is 1. The highest BCUT2D eigenvalue weighted by Crippen LogP contribution is 2.27. The molecule has 40 valence electrons. The summed E-state index contributed by atoms with van der Waals surface area (Å²) in [6.45, 7) is 4.18. The standard InChI is InChI=1S/C5H10N2/c1-5(2)4(3-6)7-5/h3,7H,6H2,1-2H3/b4-3-. The average Bonchev–Trinajstić information content (AvgIpc) is 2.13. The van der Waals surface area contributed by atoms with E-state index in [1.807, 2.05) is 0 Å². The maximum atomic E-state index is 5.18. The van der Waals surface area contributed by atoms with E-state index in [9.17, 15) is 0 Å². The third kappa shape index (κ3) is 0.557. The van der Waals surface area contributed by atoms with E-state index in [-0.39, 0.29) is 5.54 Å². The molecule has 3 N–H and O–H groups in total. The first-order valence-electron chi connectivity index (χ1n) is 2.37. The molecular formula is C5H10N2. The van der Waals surface area contributed by atoms with E-state index in [0.717, 1.165) is 5.70 Å². The Labute approximate surface area is 43.4 Å². The van der Waals surface area contributed by atoms with Crippen LogP contribution in [0, 0.1) is 0 Å². The lowest BCUT2D eigenvalue weighted by Gasteiger charge is -1.84. The Hall–Kier alpha value is -0.660. The van der Waals surface area contributed by atoms with E-state index in [4.69, 9.17) is 5.73 Å². The van der Waals surface area contributed by atoms with Gasteiger partial charge in [0.05, 0.1) is 11.2 Å². The summed E-state index contributed by atoms with van der Waals surface area (Å²) in [7, 11) is 0. The summed E-state index contributed by atoms with van der Waals surface area (Å²) in [5.74, 6) is 0. The predicted octanol–water partition coefficient (Wildman–Crippen LogP) is 0.168. The van der Waals surface area contributed by atoms with Gasteiger partial charge < -0.3 is 11.1 Å². The molecule has 7 heavy (non-hydrogen) atoms. The molecule has 0 unspecified atom stereocenters. The minimum atomic E-state index is 0.203. The lowest BCUT2D eigenvalue weighted by molar-refractivity contribution is 0.794. The van der Waals surface area contributed by atoms with Gasteiger partial charge in [-0.1, -0.05) is 0 Å². The van der Waals surface area contributed by atoms with Gasteiger partial charge in [-0.05, 0) is 13.8 Å². The maximum absolute atomic E-state index is 5.18. The first-order chi connectivity index (χ1) is 3.17. The molecule has 0 aromatic carbocycles. The van der Waals surface area contributed by atoms with Crippen molar-refractivity contribution in [2.75, 3.05) is 0 Å². The first-order valence-corrected chi connectivity index (χ1v) is 2.37. The van der Waals surface area contributed by atoms with Gasteiger partial charge in [-0.2, -0.15) is 0 Å². The average molecular weight is 98.1 g/mol. The summed E-state index contributed by atoms with van der Waals surface area (Å²) in [5, 5.41) is 3.09. The van der Waals surface area contributed by atoms with Crippen LogP contribution in [0.4, 0.5) is 0 Å².